The Morgan fingerprint density at radius 3 is 2.80 bits per heavy atom. The van der Waals surface area contributed by atoms with Gasteiger partial charge in [-0.05, 0) is 55.0 Å². The highest BCUT2D eigenvalue weighted by atomic mass is 79.9. The van der Waals surface area contributed by atoms with Crippen LogP contribution >= 0.6 is 28.1 Å². The van der Waals surface area contributed by atoms with Crippen LogP contribution in [0.2, 0.25) is 0 Å². The van der Waals surface area contributed by atoms with E-state index in [1.807, 2.05) is 47.9 Å². The predicted molar refractivity (Wildman–Crippen MR) is 85.6 cm³/mol. The maximum atomic E-state index is 9.08. The van der Waals surface area contributed by atoms with E-state index in [2.05, 4.69) is 27.0 Å². The average molecular weight is 344 g/mol. The molecule has 0 aliphatic rings. The highest BCUT2D eigenvalue weighted by molar-refractivity contribution is 9.10. The standard InChI is InChI=1S/C15H10BrN3S/c1-9-2-3-10(8-17)6-13(9)19-14-7-11(16)4-5-12(14)18-15(19)20/h2-7H,1H3,(H,18,20). The fourth-order valence-corrected chi connectivity index (χ4v) is 2.89. The number of nitriles is 1. The number of aryl methyl sites for hydroxylation is 1. The Labute approximate surface area is 129 Å². The van der Waals surface area contributed by atoms with Gasteiger partial charge in [-0.2, -0.15) is 5.26 Å². The van der Waals surface area contributed by atoms with Crippen LogP contribution in [0.25, 0.3) is 16.7 Å². The zero-order chi connectivity index (χ0) is 14.3. The smallest absolute Gasteiger partial charge is 0.182 e. The summed E-state index contributed by atoms with van der Waals surface area (Å²) in [6, 6.07) is 13.7. The molecule has 0 spiro atoms. The Morgan fingerprint density at radius 2 is 2.05 bits per heavy atom. The number of imidazole rings is 1. The first kappa shape index (κ1) is 13.1. The second-order valence-corrected chi connectivity index (χ2v) is 5.84. The monoisotopic (exact) mass is 343 g/mol. The molecule has 0 aliphatic carbocycles. The number of halogens is 1. The van der Waals surface area contributed by atoms with Gasteiger partial charge in [0.1, 0.15) is 0 Å². The van der Waals surface area contributed by atoms with E-state index in [9.17, 15) is 0 Å². The molecule has 2 aromatic carbocycles. The molecule has 1 heterocycles. The number of nitrogens with zero attached hydrogens (tertiary/aromatic N) is 2. The maximum Gasteiger partial charge on any atom is 0.182 e. The van der Waals surface area contributed by atoms with Crippen LogP contribution in [0.3, 0.4) is 0 Å². The largest absolute Gasteiger partial charge is 0.330 e. The summed E-state index contributed by atoms with van der Waals surface area (Å²) in [5.41, 5.74) is 4.58. The van der Waals surface area contributed by atoms with Gasteiger partial charge in [-0.3, -0.25) is 4.57 Å². The van der Waals surface area contributed by atoms with Gasteiger partial charge in [-0.25, -0.2) is 0 Å². The molecule has 1 aromatic heterocycles. The number of H-pyrrole nitrogens is 1. The first-order chi connectivity index (χ1) is 9.60. The van der Waals surface area contributed by atoms with Gasteiger partial charge in [0.25, 0.3) is 0 Å². The fourth-order valence-electron chi connectivity index (χ4n) is 2.24. The summed E-state index contributed by atoms with van der Waals surface area (Å²) in [5.74, 6) is 0. The second-order valence-electron chi connectivity index (χ2n) is 4.54. The lowest BCUT2D eigenvalue weighted by Gasteiger charge is -2.09. The normalized spacial score (nSPS) is 10.7. The molecular weight excluding hydrogens is 334 g/mol. The van der Waals surface area contributed by atoms with Crippen LogP contribution < -0.4 is 0 Å². The summed E-state index contributed by atoms with van der Waals surface area (Å²) < 4.78 is 3.57. The lowest BCUT2D eigenvalue weighted by molar-refractivity contribution is 1.05. The van der Waals surface area contributed by atoms with E-state index in [4.69, 9.17) is 17.5 Å². The lowest BCUT2D eigenvalue weighted by Crippen LogP contribution is -1.98. The zero-order valence-corrected chi connectivity index (χ0v) is 13.0. The fraction of sp³-hybridized carbons (Fsp3) is 0.0667. The van der Waals surface area contributed by atoms with Crippen LogP contribution in [0.1, 0.15) is 11.1 Å². The second kappa shape index (κ2) is 4.89. The lowest BCUT2D eigenvalue weighted by atomic mass is 10.1. The number of benzene rings is 2. The van der Waals surface area contributed by atoms with Crippen LogP contribution in [0.5, 0.6) is 0 Å². The van der Waals surface area contributed by atoms with Gasteiger partial charge in [-0.15, -0.1) is 0 Å². The SMILES string of the molecule is Cc1ccc(C#N)cc1-n1c(=S)[nH]c2ccc(Br)cc21. The number of nitrogens with one attached hydrogen (secondary N) is 1. The molecule has 3 aromatic rings. The molecule has 3 rings (SSSR count). The number of rotatable bonds is 1. The first-order valence-corrected chi connectivity index (χ1v) is 7.21. The van der Waals surface area contributed by atoms with Gasteiger partial charge in [-0.1, -0.05) is 22.0 Å². The van der Waals surface area contributed by atoms with E-state index in [1.165, 1.54) is 0 Å². The minimum Gasteiger partial charge on any atom is -0.330 e. The zero-order valence-electron chi connectivity index (χ0n) is 10.6. The summed E-state index contributed by atoms with van der Waals surface area (Å²) in [4.78, 5) is 3.19. The third-order valence-electron chi connectivity index (χ3n) is 3.22. The van der Waals surface area contributed by atoms with Crippen molar-refractivity contribution in [3.05, 3.63) is 56.8 Å². The molecule has 0 amide bonds. The van der Waals surface area contributed by atoms with E-state index in [0.29, 0.717) is 10.3 Å². The number of aromatic nitrogens is 2. The highest BCUT2D eigenvalue weighted by Gasteiger charge is 2.10. The molecular formula is C15H10BrN3S. The molecule has 0 atom stereocenters. The molecule has 0 fully saturated rings. The number of hydrogen-bond acceptors (Lipinski definition) is 2. The van der Waals surface area contributed by atoms with Crippen molar-refractivity contribution in [2.45, 2.75) is 6.92 Å². The van der Waals surface area contributed by atoms with E-state index < -0.39 is 0 Å². The van der Waals surface area contributed by atoms with Crippen LogP contribution in [0, 0.1) is 23.0 Å². The van der Waals surface area contributed by atoms with E-state index in [-0.39, 0.29) is 0 Å². The van der Waals surface area contributed by atoms with Gasteiger partial charge < -0.3 is 4.98 Å². The molecule has 0 unspecified atom stereocenters. The van der Waals surface area contributed by atoms with Crippen molar-refractivity contribution < 1.29 is 0 Å². The van der Waals surface area contributed by atoms with Crippen LogP contribution in [-0.4, -0.2) is 9.55 Å². The first-order valence-electron chi connectivity index (χ1n) is 6.01. The van der Waals surface area contributed by atoms with Crippen molar-refractivity contribution in [1.29, 1.82) is 5.26 Å². The summed E-state index contributed by atoms with van der Waals surface area (Å²) in [6.07, 6.45) is 0. The molecule has 1 N–H and O–H groups in total. The molecule has 3 nitrogen and oxygen atoms in total. The van der Waals surface area contributed by atoms with Crippen molar-refractivity contribution in [2.75, 3.05) is 0 Å². The quantitative estimate of drug-likeness (QED) is 0.654. The average Bonchev–Trinajstić information content (AvgIpc) is 2.75. The van der Waals surface area contributed by atoms with Crippen molar-refractivity contribution >= 4 is 39.2 Å². The molecule has 0 bridgehead atoms. The minimum atomic E-state index is 0.622. The Morgan fingerprint density at radius 1 is 1.25 bits per heavy atom. The molecule has 98 valence electrons. The van der Waals surface area contributed by atoms with Gasteiger partial charge in [0.15, 0.2) is 4.77 Å². The van der Waals surface area contributed by atoms with Crippen LogP contribution in [0.15, 0.2) is 40.9 Å². The van der Waals surface area contributed by atoms with Crippen molar-refractivity contribution in [1.82, 2.24) is 9.55 Å². The number of hydrogen-bond donors (Lipinski definition) is 1. The highest BCUT2D eigenvalue weighted by Crippen LogP contribution is 2.25. The summed E-state index contributed by atoms with van der Waals surface area (Å²) in [6.45, 7) is 2.01. The Bertz CT molecular complexity index is 915. The predicted octanol–water partition coefficient (Wildman–Crippen LogP) is 4.63. The summed E-state index contributed by atoms with van der Waals surface area (Å²) in [7, 11) is 0. The molecule has 0 saturated carbocycles. The van der Waals surface area contributed by atoms with E-state index in [1.54, 1.807) is 0 Å². The van der Waals surface area contributed by atoms with E-state index in [0.717, 1.165) is 26.8 Å². The number of fused-ring (bicyclic) bond motifs is 1. The maximum absolute atomic E-state index is 9.08. The molecule has 0 aliphatic heterocycles. The van der Waals surface area contributed by atoms with Gasteiger partial charge >= 0.3 is 0 Å². The Balaban J connectivity index is 2.40. The molecule has 5 heteroatoms. The van der Waals surface area contributed by atoms with Gasteiger partial charge in [0.2, 0.25) is 0 Å². The Kier molecular flexibility index (Phi) is 3.20. The van der Waals surface area contributed by atoms with Crippen LogP contribution in [-0.2, 0) is 0 Å². The third kappa shape index (κ3) is 2.07. The molecule has 0 radical (unpaired) electrons. The molecule has 20 heavy (non-hydrogen) atoms. The van der Waals surface area contributed by atoms with Crippen LogP contribution in [0.4, 0.5) is 0 Å². The third-order valence-corrected chi connectivity index (χ3v) is 4.00. The Hall–Kier alpha value is -1.90. The molecule has 0 saturated heterocycles. The van der Waals surface area contributed by atoms with Crippen molar-refractivity contribution in [2.24, 2.45) is 0 Å². The van der Waals surface area contributed by atoms with Gasteiger partial charge in [0, 0.05) is 4.47 Å². The number of aromatic amines is 1. The van der Waals surface area contributed by atoms with Crippen molar-refractivity contribution in [3.63, 3.8) is 0 Å². The summed E-state index contributed by atoms with van der Waals surface area (Å²) >= 11 is 8.91. The topological polar surface area (TPSA) is 44.5 Å². The van der Waals surface area contributed by atoms with E-state index >= 15 is 0 Å². The minimum absolute atomic E-state index is 0.622. The summed E-state index contributed by atoms with van der Waals surface area (Å²) in [5, 5.41) is 9.08. The van der Waals surface area contributed by atoms with Gasteiger partial charge in [0.05, 0.1) is 28.4 Å². The van der Waals surface area contributed by atoms with Crippen molar-refractivity contribution in [3.8, 4) is 11.8 Å².